The quantitative estimate of drug-likeness (QED) is 0.506. The van der Waals surface area contributed by atoms with Crippen LogP contribution in [0.25, 0.3) is 0 Å². The molecule has 2 aromatic rings. The van der Waals surface area contributed by atoms with E-state index in [-0.39, 0.29) is 11.4 Å². The fraction of sp³-hybridized carbons (Fsp3) is 0.143. The molecule has 0 saturated heterocycles. The van der Waals surface area contributed by atoms with Gasteiger partial charge < -0.3 is 4.89 Å². The SMILES string of the molecule is CP(=O)(O)C(c1ccc([N+](=O)[O-])cc1)c1ccc([N+](=O)[O-])cc1. The number of hydrogen-bond acceptors (Lipinski definition) is 5. The molecule has 0 amide bonds. The maximum Gasteiger partial charge on any atom is 0.269 e. The molecule has 1 N–H and O–H groups in total. The third kappa shape index (κ3) is 3.80. The Hall–Kier alpha value is -2.57. The maximum atomic E-state index is 12.2. The highest BCUT2D eigenvalue weighted by atomic mass is 31.2. The first-order valence-electron chi connectivity index (χ1n) is 6.49. The molecular formula is C14H13N2O6P. The van der Waals surface area contributed by atoms with Gasteiger partial charge in [-0.2, -0.15) is 0 Å². The molecule has 0 radical (unpaired) electrons. The second-order valence-corrected chi connectivity index (χ2v) is 7.45. The highest BCUT2D eigenvalue weighted by molar-refractivity contribution is 7.57. The van der Waals surface area contributed by atoms with Crippen molar-refractivity contribution in [1.82, 2.24) is 0 Å². The Bertz CT molecular complexity index is 724. The number of non-ortho nitro benzene ring substituents is 2. The fourth-order valence-corrected chi connectivity index (χ4v) is 3.75. The Labute approximate surface area is 131 Å². The number of benzene rings is 2. The molecule has 2 rings (SSSR count). The summed E-state index contributed by atoms with van der Waals surface area (Å²) in [5.41, 5.74) is -0.306. The van der Waals surface area contributed by atoms with E-state index in [0.29, 0.717) is 11.1 Å². The molecule has 9 heteroatoms. The first-order chi connectivity index (χ1) is 10.7. The van der Waals surface area contributed by atoms with Gasteiger partial charge in [-0.3, -0.25) is 24.8 Å². The van der Waals surface area contributed by atoms with Gasteiger partial charge in [0, 0.05) is 30.9 Å². The molecule has 0 aromatic heterocycles. The highest BCUT2D eigenvalue weighted by Crippen LogP contribution is 2.56. The van der Waals surface area contributed by atoms with Crippen molar-refractivity contribution in [3.8, 4) is 0 Å². The van der Waals surface area contributed by atoms with E-state index in [1.54, 1.807) is 0 Å². The van der Waals surface area contributed by atoms with Crippen molar-refractivity contribution in [2.45, 2.75) is 5.66 Å². The minimum absolute atomic E-state index is 0.125. The standard InChI is InChI=1S/C14H13N2O6P/c1-23(21,22)14(10-2-6-12(7-3-10)15(17)18)11-4-8-13(9-5-11)16(19)20/h2-9,14H,1H3,(H,21,22). The maximum absolute atomic E-state index is 12.2. The van der Waals surface area contributed by atoms with Gasteiger partial charge in [0.05, 0.1) is 15.5 Å². The van der Waals surface area contributed by atoms with E-state index >= 15 is 0 Å². The lowest BCUT2D eigenvalue weighted by molar-refractivity contribution is -0.385. The van der Waals surface area contributed by atoms with E-state index in [9.17, 15) is 29.7 Å². The van der Waals surface area contributed by atoms with E-state index in [1.807, 2.05) is 0 Å². The molecule has 0 aliphatic carbocycles. The van der Waals surface area contributed by atoms with E-state index in [2.05, 4.69) is 0 Å². The zero-order valence-electron chi connectivity index (χ0n) is 12.0. The summed E-state index contributed by atoms with van der Waals surface area (Å²) in [4.78, 5) is 30.3. The normalized spacial score (nSPS) is 13.5. The minimum atomic E-state index is -3.64. The number of nitro benzene ring substituents is 2. The van der Waals surface area contributed by atoms with Gasteiger partial charge in [0.2, 0.25) is 7.37 Å². The monoisotopic (exact) mass is 336 g/mol. The van der Waals surface area contributed by atoms with Crippen molar-refractivity contribution in [3.63, 3.8) is 0 Å². The van der Waals surface area contributed by atoms with Gasteiger partial charge in [0.25, 0.3) is 11.4 Å². The number of hydrogen-bond donors (Lipinski definition) is 1. The van der Waals surface area contributed by atoms with E-state index in [0.717, 1.165) is 0 Å². The van der Waals surface area contributed by atoms with Gasteiger partial charge in [-0.15, -0.1) is 0 Å². The smallest absolute Gasteiger partial charge is 0.269 e. The van der Waals surface area contributed by atoms with Gasteiger partial charge >= 0.3 is 0 Å². The van der Waals surface area contributed by atoms with Crippen molar-refractivity contribution in [2.75, 3.05) is 6.66 Å². The molecule has 120 valence electrons. The zero-order chi connectivity index (χ0) is 17.2. The molecule has 0 spiro atoms. The Kier molecular flexibility index (Phi) is 4.58. The lowest BCUT2D eigenvalue weighted by atomic mass is 10.0. The van der Waals surface area contributed by atoms with E-state index in [1.165, 1.54) is 55.2 Å². The molecule has 0 bridgehead atoms. The van der Waals surface area contributed by atoms with Crippen molar-refractivity contribution in [3.05, 3.63) is 79.9 Å². The predicted octanol–water partition coefficient (Wildman–Crippen LogP) is 3.49. The summed E-state index contributed by atoms with van der Waals surface area (Å²) in [5.74, 6) is 0. The average Bonchev–Trinajstić information content (AvgIpc) is 2.47. The van der Waals surface area contributed by atoms with E-state index in [4.69, 9.17) is 0 Å². The van der Waals surface area contributed by atoms with Crippen LogP contribution >= 0.6 is 7.37 Å². The summed E-state index contributed by atoms with van der Waals surface area (Å²) in [5, 5.41) is 21.4. The average molecular weight is 336 g/mol. The molecule has 1 atom stereocenters. The fourth-order valence-electron chi connectivity index (χ4n) is 2.30. The van der Waals surface area contributed by atoms with Crippen LogP contribution in [0.3, 0.4) is 0 Å². The van der Waals surface area contributed by atoms with Gasteiger partial charge in [0.15, 0.2) is 0 Å². The summed E-state index contributed by atoms with van der Waals surface area (Å²) >= 11 is 0. The molecule has 0 fully saturated rings. The van der Waals surface area contributed by atoms with Crippen LogP contribution in [0, 0.1) is 20.2 Å². The van der Waals surface area contributed by atoms with Crippen LogP contribution < -0.4 is 0 Å². The summed E-state index contributed by atoms with van der Waals surface area (Å²) in [7, 11) is -3.64. The first kappa shape index (κ1) is 16.8. The van der Waals surface area contributed by atoms with Gasteiger partial charge in [-0.25, -0.2) is 0 Å². The number of rotatable bonds is 5. The Morgan fingerprint density at radius 1 is 0.870 bits per heavy atom. The third-order valence-corrected chi connectivity index (χ3v) is 4.87. The molecule has 0 aliphatic heterocycles. The Morgan fingerprint density at radius 2 is 1.17 bits per heavy atom. The molecule has 0 heterocycles. The minimum Gasteiger partial charge on any atom is -0.344 e. The summed E-state index contributed by atoms with van der Waals surface area (Å²) < 4.78 is 12.2. The highest BCUT2D eigenvalue weighted by Gasteiger charge is 2.30. The lowest BCUT2D eigenvalue weighted by Crippen LogP contribution is -2.02. The summed E-state index contributed by atoms with van der Waals surface area (Å²) in [6.45, 7) is 1.18. The molecule has 0 aliphatic rings. The van der Waals surface area contributed by atoms with Crippen molar-refractivity contribution in [1.29, 1.82) is 0 Å². The topological polar surface area (TPSA) is 124 Å². The van der Waals surface area contributed by atoms with Crippen LogP contribution in [0.15, 0.2) is 48.5 Å². The van der Waals surface area contributed by atoms with Crippen LogP contribution in [-0.4, -0.2) is 21.4 Å². The van der Waals surface area contributed by atoms with Crippen LogP contribution in [0.1, 0.15) is 16.8 Å². The van der Waals surface area contributed by atoms with Crippen LogP contribution in [0.4, 0.5) is 11.4 Å². The van der Waals surface area contributed by atoms with Gasteiger partial charge in [0.1, 0.15) is 0 Å². The number of nitrogens with zero attached hydrogens (tertiary/aromatic N) is 2. The van der Waals surface area contributed by atoms with Crippen molar-refractivity contribution >= 4 is 18.7 Å². The molecule has 1 unspecified atom stereocenters. The zero-order valence-corrected chi connectivity index (χ0v) is 12.9. The number of nitro groups is 2. The van der Waals surface area contributed by atoms with Crippen LogP contribution in [-0.2, 0) is 4.57 Å². The van der Waals surface area contributed by atoms with Crippen LogP contribution in [0.2, 0.25) is 0 Å². The largest absolute Gasteiger partial charge is 0.344 e. The first-order valence-corrected chi connectivity index (χ1v) is 8.66. The van der Waals surface area contributed by atoms with Crippen LogP contribution in [0.5, 0.6) is 0 Å². The molecular weight excluding hydrogens is 323 g/mol. The predicted molar refractivity (Wildman–Crippen MR) is 83.8 cm³/mol. The Balaban J connectivity index is 2.47. The molecule has 2 aromatic carbocycles. The summed E-state index contributed by atoms with van der Waals surface area (Å²) in [6.07, 6.45) is 0. The van der Waals surface area contributed by atoms with E-state index < -0.39 is 22.9 Å². The second-order valence-electron chi connectivity index (χ2n) is 5.04. The third-order valence-electron chi connectivity index (χ3n) is 3.32. The van der Waals surface area contributed by atoms with Crippen molar-refractivity contribution < 1.29 is 19.3 Å². The second kappa shape index (κ2) is 6.28. The molecule has 23 heavy (non-hydrogen) atoms. The molecule has 0 saturated carbocycles. The van der Waals surface area contributed by atoms with Gasteiger partial charge in [-0.1, -0.05) is 24.3 Å². The summed E-state index contributed by atoms with van der Waals surface area (Å²) in [6, 6.07) is 10.7. The lowest BCUT2D eigenvalue weighted by Gasteiger charge is -2.20. The van der Waals surface area contributed by atoms with Gasteiger partial charge in [-0.05, 0) is 11.1 Å². The molecule has 8 nitrogen and oxygen atoms in total. The van der Waals surface area contributed by atoms with Crippen molar-refractivity contribution in [2.24, 2.45) is 0 Å². The Morgan fingerprint density at radius 3 is 1.39 bits per heavy atom.